The second kappa shape index (κ2) is 9.08. The van der Waals surface area contributed by atoms with Crippen molar-refractivity contribution >= 4 is 17.8 Å². The average Bonchev–Trinajstić information content (AvgIpc) is 3.41. The summed E-state index contributed by atoms with van der Waals surface area (Å²) < 4.78 is 20.5. The Bertz CT molecular complexity index is 932. The van der Waals surface area contributed by atoms with Crippen LogP contribution in [0.2, 0.25) is 0 Å². The van der Waals surface area contributed by atoms with Crippen molar-refractivity contribution in [3.63, 3.8) is 0 Å². The van der Waals surface area contributed by atoms with Crippen LogP contribution in [0, 0.1) is 0 Å². The van der Waals surface area contributed by atoms with Gasteiger partial charge in [-0.05, 0) is 36.4 Å². The molecule has 0 aliphatic carbocycles. The first-order valence-electron chi connectivity index (χ1n) is 8.18. The van der Waals surface area contributed by atoms with Gasteiger partial charge in [0, 0.05) is 0 Å². The third kappa shape index (κ3) is 5.24. The molecular formula is C19H16N2O7. The van der Waals surface area contributed by atoms with E-state index in [1.807, 2.05) is 18.2 Å². The van der Waals surface area contributed by atoms with Crippen LogP contribution < -0.4 is 15.6 Å². The molecule has 0 radical (unpaired) electrons. The van der Waals surface area contributed by atoms with Crippen molar-refractivity contribution in [1.29, 1.82) is 0 Å². The zero-order valence-corrected chi connectivity index (χ0v) is 14.5. The Labute approximate surface area is 159 Å². The molecular weight excluding hydrogens is 368 g/mol. The molecule has 0 spiro atoms. The molecule has 144 valence electrons. The Morgan fingerprint density at radius 1 is 0.893 bits per heavy atom. The molecule has 0 aliphatic rings. The lowest BCUT2D eigenvalue weighted by molar-refractivity contribution is -0.125. The summed E-state index contributed by atoms with van der Waals surface area (Å²) in [7, 11) is 0. The summed E-state index contributed by atoms with van der Waals surface area (Å²) in [5, 5.41) is 0. The molecule has 3 rings (SSSR count). The van der Waals surface area contributed by atoms with Gasteiger partial charge in [-0.3, -0.25) is 20.4 Å². The summed E-state index contributed by atoms with van der Waals surface area (Å²) in [6.45, 7) is -0.468. The molecule has 28 heavy (non-hydrogen) atoms. The Morgan fingerprint density at radius 2 is 1.71 bits per heavy atom. The molecule has 2 heterocycles. The molecule has 0 bridgehead atoms. The van der Waals surface area contributed by atoms with E-state index >= 15 is 0 Å². The van der Waals surface area contributed by atoms with E-state index in [4.69, 9.17) is 18.3 Å². The van der Waals surface area contributed by atoms with Gasteiger partial charge in [0.25, 0.3) is 5.91 Å². The van der Waals surface area contributed by atoms with Gasteiger partial charge in [-0.2, -0.15) is 0 Å². The van der Waals surface area contributed by atoms with Gasteiger partial charge >= 0.3 is 11.9 Å². The topological polar surface area (TPSA) is 120 Å². The van der Waals surface area contributed by atoms with Crippen molar-refractivity contribution in [2.45, 2.75) is 6.61 Å². The molecule has 2 amide bonds. The molecule has 2 N–H and O–H groups in total. The number of rotatable bonds is 7. The maximum Gasteiger partial charge on any atom is 0.374 e. The molecule has 0 saturated heterocycles. The number of esters is 1. The van der Waals surface area contributed by atoms with Gasteiger partial charge in [0.05, 0.1) is 6.26 Å². The Kier molecular flexibility index (Phi) is 6.09. The number of furan rings is 2. The molecule has 0 atom stereocenters. The van der Waals surface area contributed by atoms with E-state index in [9.17, 15) is 14.4 Å². The Morgan fingerprint density at radius 3 is 2.46 bits per heavy atom. The van der Waals surface area contributed by atoms with E-state index in [0.717, 1.165) is 0 Å². The smallest absolute Gasteiger partial charge is 0.374 e. The molecule has 9 nitrogen and oxygen atoms in total. The van der Waals surface area contributed by atoms with Crippen LogP contribution in [0.15, 0.2) is 69.7 Å². The highest BCUT2D eigenvalue weighted by Crippen LogP contribution is 2.14. The normalized spacial score (nSPS) is 10.1. The Balaban J connectivity index is 1.40. The summed E-state index contributed by atoms with van der Waals surface area (Å²) >= 11 is 0. The zero-order valence-electron chi connectivity index (χ0n) is 14.5. The first-order chi connectivity index (χ1) is 13.6. The average molecular weight is 384 g/mol. The highest BCUT2D eigenvalue weighted by atomic mass is 16.6. The van der Waals surface area contributed by atoms with E-state index in [1.165, 1.54) is 24.5 Å². The summed E-state index contributed by atoms with van der Waals surface area (Å²) in [6.07, 6.45) is 1.32. The lowest BCUT2D eigenvalue weighted by atomic mass is 10.3. The largest absolute Gasteiger partial charge is 0.486 e. The molecule has 2 aromatic heterocycles. The number of ether oxygens (including phenoxy) is 2. The first-order valence-corrected chi connectivity index (χ1v) is 8.18. The number of nitrogens with one attached hydrogen (secondary N) is 2. The van der Waals surface area contributed by atoms with E-state index < -0.39 is 24.4 Å². The molecule has 0 unspecified atom stereocenters. The number of amides is 2. The number of hydrazine groups is 1. The highest BCUT2D eigenvalue weighted by Gasteiger charge is 2.16. The molecule has 0 fully saturated rings. The van der Waals surface area contributed by atoms with Crippen molar-refractivity contribution in [3.05, 3.63) is 78.1 Å². The van der Waals surface area contributed by atoms with Crippen molar-refractivity contribution in [3.8, 4) is 5.75 Å². The van der Waals surface area contributed by atoms with Crippen LogP contribution in [0.25, 0.3) is 0 Å². The molecule has 9 heteroatoms. The maximum atomic E-state index is 11.9. The van der Waals surface area contributed by atoms with E-state index in [1.54, 1.807) is 18.2 Å². The van der Waals surface area contributed by atoms with E-state index in [0.29, 0.717) is 11.5 Å². The van der Waals surface area contributed by atoms with Crippen molar-refractivity contribution in [1.82, 2.24) is 10.9 Å². The zero-order chi connectivity index (χ0) is 19.8. The van der Waals surface area contributed by atoms with Crippen LogP contribution in [-0.2, 0) is 16.1 Å². The first kappa shape index (κ1) is 18.8. The van der Waals surface area contributed by atoms with Gasteiger partial charge < -0.3 is 18.3 Å². The number of hydrogen-bond donors (Lipinski definition) is 2. The third-order valence-corrected chi connectivity index (χ3v) is 3.38. The molecule has 0 saturated carbocycles. The number of para-hydroxylation sites is 1. The van der Waals surface area contributed by atoms with Gasteiger partial charge in [0.2, 0.25) is 5.76 Å². The van der Waals surface area contributed by atoms with Gasteiger partial charge in [-0.15, -0.1) is 0 Å². The second-order valence-corrected chi connectivity index (χ2v) is 5.42. The lowest BCUT2D eigenvalue weighted by Gasteiger charge is -2.06. The van der Waals surface area contributed by atoms with Gasteiger partial charge in [-0.25, -0.2) is 4.79 Å². The fraction of sp³-hybridized carbons (Fsp3) is 0.105. The van der Waals surface area contributed by atoms with Crippen LogP contribution in [0.5, 0.6) is 5.75 Å². The minimum atomic E-state index is -0.821. The quantitative estimate of drug-likeness (QED) is 0.473. The lowest BCUT2D eigenvalue weighted by Crippen LogP contribution is -2.43. The van der Waals surface area contributed by atoms with E-state index in [2.05, 4.69) is 10.9 Å². The summed E-state index contributed by atoms with van der Waals surface area (Å²) in [4.78, 5) is 35.1. The minimum Gasteiger partial charge on any atom is -0.486 e. The maximum absolute atomic E-state index is 11.9. The molecule has 0 aliphatic heterocycles. The number of benzene rings is 1. The standard InChI is InChI=1S/C19H16N2O7/c22-17(20-21-18(23)15-7-4-10-25-15)12-27-19(24)16-9-8-14(28-16)11-26-13-5-2-1-3-6-13/h1-10H,11-12H2,(H,20,22)(H,21,23). The fourth-order valence-electron chi connectivity index (χ4n) is 2.07. The van der Waals surface area contributed by atoms with Crippen molar-refractivity contribution in [2.75, 3.05) is 6.61 Å². The predicted octanol–water partition coefficient (Wildman–Crippen LogP) is 2.07. The number of hydrogen-bond acceptors (Lipinski definition) is 7. The van der Waals surface area contributed by atoms with Gasteiger partial charge in [0.1, 0.15) is 18.1 Å². The predicted molar refractivity (Wildman–Crippen MR) is 94.1 cm³/mol. The van der Waals surface area contributed by atoms with Crippen LogP contribution >= 0.6 is 0 Å². The van der Waals surface area contributed by atoms with Crippen LogP contribution in [0.3, 0.4) is 0 Å². The Hall–Kier alpha value is -4.01. The summed E-state index contributed by atoms with van der Waals surface area (Å²) in [5.74, 6) is -1.15. The molecule has 3 aromatic rings. The van der Waals surface area contributed by atoms with Gasteiger partial charge in [-0.1, -0.05) is 18.2 Å². The van der Waals surface area contributed by atoms with Crippen LogP contribution in [0.1, 0.15) is 26.9 Å². The minimum absolute atomic E-state index is 0.0260. The van der Waals surface area contributed by atoms with Crippen molar-refractivity contribution in [2.24, 2.45) is 0 Å². The monoisotopic (exact) mass is 384 g/mol. The van der Waals surface area contributed by atoms with Gasteiger partial charge in [0.15, 0.2) is 12.4 Å². The SMILES string of the molecule is O=C(COC(=O)c1ccc(COc2ccccc2)o1)NNC(=O)c1ccco1. The van der Waals surface area contributed by atoms with E-state index in [-0.39, 0.29) is 18.1 Å². The van der Waals surface area contributed by atoms with Crippen LogP contribution in [-0.4, -0.2) is 24.4 Å². The number of carbonyl (C=O) groups is 3. The molecule has 1 aromatic carbocycles. The number of carbonyl (C=O) groups excluding carboxylic acids is 3. The van der Waals surface area contributed by atoms with Crippen molar-refractivity contribution < 1.29 is 32.7 Å². The third-order valence-electron chi connectivity index (χ3n) is 3.38. The summed E-state index contributed by atoms with van der Waals surface area (Å²) in [6, 6.07) is 15.1. The van der Waals surface area contributed by atoms with Crippen LogP contribution in [0.4, 0.5) is 0 Å². The fourth-order valence-corrected chi connectivity index (χ4v) is 2.07. The highest BCUT2D eigenvalue weighted by molar-refractivity contribution is 5.93. The summed E-state index contributed by atoms with van der Waals surface area (Å²) in [5.41, 5.74) is 4.22. The second-order valence-electron chi connectivity index (χ2n) is 5.42.